The number of nitrogens with two attached hydrogens (primary N) is 1. The van der Waals surface area contributed by atoms with Crippen LogP contribution in [0.1, 0.15) is 5.56 Å². The van der Waals surface area contributed by atoms with Crippen LogP contribution in [0, 0.1) is 6.92 Å². The number of benzene rings is 2. The lowest BCUT2D eigenvalue weighted by atomic mass is 10.0. The number of rotatable bonds is 2. The van der Waals surface area contributed by atoms with Gasteiger partial charge in [-0.3, -0.25) is 9.97 Å². The molecule has 0 bridgehead atoms. The molecule has 0 saturated heterocycles. The van der Waals surface area contributed by atoms with Crippen molar-refractivity contribution in [2.24, 2.45) is 0 Å². The number of aryl methyl sites for hydroxylation is 1. The number of aromatic nitrogens is 2. The van der Waals surface area contributed by atoms with E-state index in [4.69, 9.17) is 5.73 Å². The van der Waals surface area contributed by atoms with E-state index in [1.54, 1.807) is 12.4 Å². The summed E-state index contributed by atoms with van der Waals surface area (Å²) in [5, 5.41) is 0. The molecule has 0 atom stereocenters. The molecule has 98 valence electrons. The van der Waals surface area contributed by atoms with Crippen molar-refractivity contribution in [2.75, 3.05) is 5.73 Å². The van der Waals surface area contributed by atoms with Gasteiger partial charge in [0.2, 0.25) is 0 Å². The Balaban J connectivity index is 2.19. The zero-order valence-corrected chi connectivity index (χ0v) is 11.2. The number of hydrogen-bond donors (Lipinski definition) is 1. The highest BCUT2D eigenvalue weighted by molar-refractivity contribution is 5.79. The SMILES string of the molecule is Cc1ccccc1-c1nccnc1-c1ccc(N)cc1. The first kappa shape index (κ1) is 12.4. The molecular weight excluding hydrogens is 246 g/mol. The second kappa shape index (κ2) is 5.13. The summed E-state index contributed by atoms with van der Waals surface area (Å²) < 4.78 is 0. The van der Waals surface area contributed by atoms with E-state index in [9.17, 15) is 0 Å². The zero-order chi connectivity index (χ0) is 13.9. The van der Waals surface area contributed by atoms with Crippen molar-refractivity contribution in [1.29, 1.82) is 0 Å². The molecule has 2 N–H and O–H groups in total. The topological polar surface area (TPSA) is 51.8 Å². The largest absolute Gasteiger partial charge is 0.399 e. The molecule has 0 unspecified atom stereocenters. The van der Waals surface area contributed by atoms with Crippen LogP contribution in [0.4, 0.5) is 5.69 Å². The predicted molar refractivity (Wildman–Crippen MR) is 82.1 cm³/mol. The predicted octanol–water partition coefficient (Wildman–Crippen LogP) is 3.70. The molecule has 0 radical (unpaired) electrons. The smallest absolute Gasteiger partial charge is 0.0967 e. The molecule has 2 aromatic carbocycles. The standard InChI is InChI=1S/C17H15N3/c1-12-4-2-3-5-15(12)17-16(19-10-11-20-17)13-6-8-14(18)9-7-13/h2-11H,18H2,1H3. The molecule has 3 heteroatoms. The van der Waals surface area contributed by atoms with E-state index in [-0.39, 0.29) is 0 Å². The maximum absolute atomic E-state index is 5.74. The van der Waals surface area contributed by atoms with Gasteiger partial charge in [0.25, 0.3) is 0 Å². The molecule has 0 saturated carbocycles. The monoisotopic (exact) mass is 261 g/mol. The van der Waals surface area contributed by atoms with Crippen molar-refractivity contribution >= 4 is 5.69 Å². The molecule has 20 heavy (non-hydrogen) atoms. The van der Waals surface area contributed by atoms with Gasteiger partial charge in [-0.1, -0.05) is 36.4 Å². The summed E-state index contributed by atoms with van der Waals surface area (Å²) in [6.45, 7) is 2.08. The maximum Gasteiger partial charge on any atom is 0.0967 e. The second-order valence-electron chi connectivity index (χ2n) is 4.69. The molecule has 3 aromatic rings. The van der Waals surface area contributed by atoms with E-state index < -0.39 is 0 Å². The van der Waals surface area contributed by atoms with Gasteiger partial charge in [-0.05, 0) is 24.6 Å². The lowest BCUT2D eigenvalue weighted by Crippen LogP contribution is -1.94. The minimum absolute atomic E-state index is 0.745. The molecule has 0 fully saturated rings. The highest BCUT2D eigenvalue weighted by atomic mass is 14.8. The number of nitrogens with zero attached hydrogens (tertiary/aromatic N) is 2. The van der Waals surface area contributed by atoms with E-state index in [1.165, 1.54) is 5.56 Å². The summed E-state index contributed by atoms with van der Waals surface area (Å²) in [6, 6.07) is 15.9. The Bertz CT molecular complexity index is 733. The minimum Gasteiger partial charge on any atom is -0.399 e. The molecule has 3 nitrogen and oxygen atoms in total. The van der Waals surface area contributed by atoms with Gasteiger partial charge in [-0.2, -0.15) is 0 Å². The van der Waals surface area contributed by atoms with Crippen LogP contribution in [-0.2, 0) is 0 Å². The lowest BCUT2D eigenvalue weighted by molar-refractivity contribution is 1.20. The normalized spacial score (nSPS) is 10.4. The third kappa shape index (κ3) is 2.26. The first-order valence-corrected chi connectivity index (χ1v) is 6.48. The summed E-state index contributed by atoms with van der Waals surface area (Å²) in [7, 11) is 0. The molecule has 0 aliphatic heterocycles. The van der Waals surface area contributed by atoms with Crippen molar-refractivity contribution in [3.8, 4) is 22.5 Å². The minimum atomic E-state index is 0.745. The summed E-state index contributed by atoms with van der Waals surface area (Å²) >= 11 is 0. The fraction of sp³-hybridized carbons (Fsp3) is 0.0588. The average molecular weight is 261 g/mol. The van der Waals surface area contributed by atoms with Crippen molar-refractivity contribution in [1.82, 2.24) is 9.97 Å². The van der Waals surface area contributed by atoms with Crippen LogP contribution in [0.3, 0.4) is 0 Å². The van der Waals surface area contributed by atoms with Crippen LogP contribution in [-0.4, -0.2) is 9.97 Å². The first-order chi connectivity index (χ1) is 9.75. The highest BCUT2D eigenvalue weighted by Crippen LogP contribution is 2.30. The van der Waals surface area contributed by atoms with Crippen molar-refractivity contribution in [3.05, 3.63) is 66.5 Å². The first-order valence-electron chi connectivity index (χ1n) is 6.48. The molecule has 0 spiro atoms. The quantitative estimate of drug-likeness (QED) is 0.715. The fourth-order valence-corrected chi connectivity index (χ4v) is 2.23. The van der Waals surface area contributed by atoms with Crippen LogP contribution in [0.15, 0.2) is 60.9 Å². The number of nitrogen functional groups attached to an aromatic ring is 1. The zero-order valence-electron chi connectivity index (χ0n) is 11.2. The number of hydrogen-bond acceptors (Lipinski definition) is 3. The Morgan fingerprint density at radius 3 is 2.15 bits per heavy atom. The number of anilines is 1. The Morgan fingerprint density at radius 2 is 1.45 bits per heavy atom. The van der Waals surface area contributed by atoms with Crippen LogP contribution in [0.25, 0.3) is 22.5 Å². The Labute approximate surface area is 118 Å². The molecule has 0 amide bonds. The molecule has 0 aliphatic rings. The fourth-order valence-electron chi connectivity index (χ4n) is 2.23. The van der Waals surface area contributed by atoms with Crippen molar-refractivity contribution in [3.63, 3.8) is 0 Å². The molecule has 3 rings (SSSR count). The Hall–Kier alpha value is -2.68. The van der Waals surface area contributed by atoms with E-state index in [2.05, 4.69) is 29.0 Å². The Kier molecular flexibility index (Phi) is 3.17. The third-order valence-corrected chi connectivity index (χ3v) is 3.28. The van der Waals surface area contributed by atoms with Crippen molar-refractivity contribution < 1.29 is 0 Å². The van der Waals surface area contributed by atoms with E-state index in [1.807, 2.05) is 36.4 Å². The van der Waals surface area contributed by atoms with Gasteiger partial charge in [0, 0.05) is 29.2 Å². The second-order valence-corrected chi connectivity index (χ2v) is 4.69. The molecule has 1 aromatic heterocycles. The summed E-state index contributed by atoms with van der Waals surface area (Å²) in [5.41, 5.74) is 11.6. The summed E-state index contributed by atoms with van der Waals surface area (Å²) in [5.74, 6) is 0. The van der Waals surface area contributed by atoms with Crippen LogP contribution >= 0.6 is 0 Å². The summed E-state index contributed by atoms with van der Waals surface area (Å²) in [6.07, 6.45) is 3.44. The van der Waals surface area contributed by atoms with Gasteiger partial charge in [0.15, 0.2) is 0 Å². The average Bonchev–Trinajstić information content (AvgIpc) is 2.49. The molecule has 1 heterocycles. The van der Waals surface area contributed by atoms with Gasteiger partial charge in [-0.25, -0.2) is 0 Å². The van der Waals surface area contributed by atoms with Crippen LogP contribution in [0.5, 0.6) is 0 Å². The van der Waals surface area contributed by atoms with Crippen LogP contribution in [0.2, 0.25) is 0 Å². The third-order valence-electron chi connectivity index (χ3n) is 3.28. The van der Waals surface area contributed by atoms with Crippen molar-refractivity contribution in [2.45, 2.75) is 6.92 Å². The summed E-state index contributed by atoms with van der Waals surface area (Å²) in [4.78, 5) is 9.01. The van der Waals surface area contributed by atoms with Gasteiger partial charge < -0.3 is 5.73 Å². The molecule has 0 aliphatic carbocycles. The van der Waals surface area contributed by atoms with E-state index in [0.717, 1.165) is 28.2 Å². The van der Waals surface area contributed by atoms with Crippen LogP contribution < -0.4 is 5.73 Å². The van der Waals surface area contributed by atoms with Gasteiger partial charge >= 0.3 is 0 Å². The highest BCUT2D eigenvalue weighted by Gasteiger charge is 2.11. The maximum atomic E-state index is 5.74. The lowest BCUT2D eigenvalue weighted by Gasteiger charge is -2.10. The molecular formula is C17H15N3. The van der Waals surface area contributed by atoms with E-state index >= 15 is 0 Å². The Morgan fingerprint density at radius 1 is 0.800 bits per heavy atom. The van der Waals surface area contributed by atoms with Gasteiger partial charge in [0.1, 0.15) is 0 Å². The van der Waals surface area contributed by atoms with E-state index in [0.29, 0.717) is 0 Å². The van der Waals surface area contributed by atoms with Gasteiger partial charge in [0.05, 0.1) is 11.4 Å². The van der Waals surface area contributed by atoms with Gasteiger partial charge in [-0.15, -0.1) is 0 Å².